The second kappa shape index (κ2) is 9.22. The quantitative estimate of drug-likeness (QED) is 0.294. The van der Waals surface area contributed by atoms with E-state index in [1.807, 2.05) is 38.1 Å². The number of aromatic nitrogens is 2. The number of carbonyl (C=O) groups is 1. The molecule has 10 heteroatoms. The summed E-state index contributed by atoms with van der Waals surface area (Å²) in [5.41, 5.74) is 6.21. The Bertz CT molecular complexity index is 1470. The van der Waals surface area contributed by atoms with Crippen molar-refractivity contribution in [2.75, 3.05) is 18.2 Å². The Balaban J connectivity index is 1.60. The number of anilines is 1. The van der Waals surface area contributed by atoms with Crippen LogP contribution in [0.25, 0.3) is 16.8 Å². The lowest BCUT2D eigenvalue weighted by atomic mass is 9.98. The zero-order valence-corrected chi connectivity index (χ0v) is 21.0. The lowest BCUT2D eigenvalue weighted by Crippen LogP contribution is -2.47. The van der Waals surface area contributed by atoms with Crippen LogP contribution in [0.5, 0.6) is 5.75 Å². The lowest BCUT2D eigenvalue weighted by Gasteiger charge is -2.31. The number of nitrogens with zero attached hydrogens (tertiary/aromatic N) is 3. The van der Waals surface area contributed by atoms with E-state index in [9.17, 15) is 9.18 Å². The highest BCUT2D eigenvalue weighted by Gasteiger charge is 2.26. The van der Waals surface area contributed by atoms with Crippen molar-refractivity contribution in [3.05, 3.63) is 80.7 Å². The van der Waals surface area contributed by atoms with Gasteiger partial charge in [0.25, 0.3) is 5.91 Å². The third kappa shape index (κ3) is 4.18. The molecule has 1 amide bonds. The number of halogens is 4. The van der Waals surface area contributed by atoms with Crippen molar-refractivity contribution in [2.24, 2.45) is 0 Å². The molecule has 0 radical (unpaired) electrons. The van der Waals surface area contributed by atoms with Gasteiger partial charge in [-0.15, -0.1) is 0 Å². The number of nitrogens with one attached hydrogen (secondary N) is 1. The fourth-order valence-electron chi connectivity index (χ4n) is 4.33. The molecular weight excluding hydrogens is 514 g/mol. The van der Waals surface area contributed by atoms with E-state index in [0.717, 1.165) is 17.3 Å². The Morgan fingerprint density at radius 1 is 1.14 bits per heavy atom. The number of hydrazine groups is 1. The van der Waals surface area contributed by atoms with Crippen molar-refractivity contribution < 1.29 is 13.9 Å². The van der Waals surface area contributed by atoms with Gasteiger partial charge in [0.2, 0.25) is 0 Å². The predicted octanol–water partition coefficient (Wildman–Crippen LogP) is 6.77. The van der Waals surface area contributed by atoms with Gasteiger partial charge < -0.3 is 4.74 Å². The van der Waals surface area contributed by atoms with E-state index in [-0.39, 0.29) is 21.9 Å². The number of amides is 1. The lowest BCUT2D eigenvalue weighted by molar-refractivity contribution is 0.0943. The highest BCUT2D eigenvalue weighted by Crippen LogP contribution is 2.41. The van der Waals surface area contributed by atoms with Gasteiger partial charge in [-0.1, -0.05) is 60.8 Å². The fraction of sp³-hybridized carbons (Fsp3) is 0.200. The molecule has 0 saturated heterocycles. The fourth-order valence-corrected chi connectivity index (χ4v) is 5.02. The smallest absolute Gasteiger partial charge is 0.271 e. The molecule has 6 nitrogen and oxygen atoms in total. The zero-order chi connectivity index (χ0) is 24.9. The molecule has 35 heavy (non-hydrogen) atoms. The molecule has 2 aromatic heterocycles. The number of carbonyl (C=O) groups excluding carboxylic acids is 1. The number of hydrogen-bond donors (Lipinski definition) is 1. The van der Waals surface area contributed by atoms with Gasteiger partial charge >= 0.3 is 0 Å². The molecule has 0 saturated carbocycles. The minimum atomic E-state index is -0.550. The summed E-state index contributed by atoms with van der Waals surface area (Å²) in [6.45, 7) is 4.89. The van der Waals surface area contributed by atoms with Gasteiger partial charge in [-0.3, -0.25) is 15.2 Å². The van der Waals surface area contributed by atoms with E-state index in [2.05, 4.69) is 10.5 Å². The summed E-state index contributed by atoms with van der Waals surface area (Å²) < 4.78 is 21.4. The van der Waals surface area contributed by atoms with Crippen LogP contribution in [-0.4, -0.2) is 28.7 Å². The third-order valence-corrected chi connectivity index (χ3v) is 6.92. The second-order valence-electron chi connectivity index (χ2n) is 8.42. The number of ether oxygens (including phenoxy) is 1. The zero-order valence-electron chi connectivity index (χ0n) is 18.8. The topological polar surface area (TPSA) is 58.9 Å². The first-order chi connectivity index (χ1) is 16.8. The van der Waals surface area contributed by atoms with Crippen LogP contribution in [0.1, 0.15) is 35.7 Å². The summed E-state index contributed by atoms with van der Waals surface area (Å²) in [6.07, 6.45) is 1.48. The second-order valence-corrected chi connectivity index (χ2v) is 9.61. The van der Waals surface area contributed by atoms with E-state index in [4.69, 9.17) is 39.5 Å². The Morgan fingerprint density at radius 2 is 1.91 bits per heavy atom. The van der Waals surface area contributed by atoms with Crippen LogP contribution < -0.4 is 15.2 Å². The monoisotopic (exact) mass is 532 g/mol. The molecule has 180 valence electrons. The first kappa shape index (κ1) is 23.7. The molecule has 1 aliphatic rings. The summed E-state index contributed by atoms with van der Waals surface area (Å²) in [6, 6.07) is 11.6. The van der Waals surface area contributed by atoms with Crippen LogP contribution in [0.3, 0.4) is 0 Å². The van der Waals surface area contributed by atoms with E-state index in [1.165, 1.54) is 12.3 Å². The highest BCUT2D eigenvalue weighted by molar-refractivity contribution is 6.44. The molecule has 2 aromatic carbocycles. The molecule has 3 heterocycles. The molecule has 0 spiro atoms. The molecule has 0 bridgehead atoms. The minimum absolute atomic E-state index is 0.0522. The maximum absolute atomic E-state index is 14.2. The van der Waals surface area contributed by atoms with Crippen molar-refractivity contribution in [3.8, 4) is 17.0 Å². The Hall–Kier alpha value is -3.00. The van der Waals surface area contributed by atoms with Crippen molar-refractivity contribution in [3.63, 3.8) is 0 Å². The summed E-state index contributed by atoms with van der Waals surface area (Å²) in [7, 11) is 0. The molecular formula is C25H20Cl3FN4O2. The Labute approximate surface area is 216 Å². The SMILES string of the molecule is CC(C)c1c(C(=O)NN2CCOc3ccccc32)cnn2c(-c3cc(F)cc(Cl)c3Cl)c(Cl)cc12. The van der Waals surface area contributed by atoms with E-state index >= 15 is 0 Å². The largest absolute Gasteiger partial charge is 0.489 e. The van der Waals surface area contributed by atoms with Crippen LogP contribution in [0.2, 0.25) is 15.1 Å². The molecule has 1 N–H and O–H groups in total. The summed E-state index contributed by atoms with van der Waals surface area (Å²) in [4.78, 5) is 13.4. The van der Waals surface area contributed by atoms with Gasteiger partial charge in [0.05, 0.1) is 50.3 Å². The number of para-hydroxylation sites is 2. The number of rotatable bonds is 4. The maximum Gasteiger partial charge on any atom is 0.271 e. The molecule has 5 rings (SSSR count). The molecule has 0 unspecified atom stereocenters. The summed E-state index contributed by atoms with van der Waals surface area (Å²) in [5.74, 6) is -0.216. The van der Waals surface area contributed by atoms with E-state index in [1.54, 1.807) is 15.6 Å². The highest BCUT2D eigenvalue weighted by atomic mass is 35.5. The van der Waals surface area contributed by atoms with Crippen LogP contribution in [0.15, 0.2) is 48.7 Å². The van der Waals surface area contributed by atoms with Gasteiger partial charge in [0.1, 0.15) is 18.2 Å². The van der Waals surface area contributed by atoms with Crippen molar-refractivity contribution >= 4 is 51.9 Å². The normalized spacial score (nSPS) is 13.2. The molecule has 0 aliphatic carbocycles. The first-order valence-electron chi connectivity index (χ1n) is 10.9. The third-order valence-electron chi connectivity index (χ3n) is 5.83. The van der Waals surface area contributed by atoms with Crippen molar-refractivity contribution in [1.29, 1.82) is 0 Å². The minimum Gasteiger partial charge on any atom is -0.489 e. The molecule has 4 aromatic rings. The van der Waals surface area contributed by atoms with Gasteiger partial charge in [-0.25, -0.2) is 8.91 Å². The maximum atomic E-state index is 14.2. The molecule has 1 aliphatic heterocycles. The molecule has 0 fully saturated rings. The van der Waals surface area contributed by atoms with Gasteiger partial charge in [-0.05, 0) is 41.8 Å². The average Bonchev–Trinajstić information content (AvgIpc) is 3.16. The van der Waals surface area contributed by atoms with Gasteiger partial charge in [0, 0.05) is 5.56 Å². The van der Waals surface area contributed by atoms with Gasteiger partial charge in [0.15, 0.2) is 0 Å². The summed E-state index contributed by atoms with van der Waals surface area (Å²) >= 11 is 19.1. The first-order valence-corrected chi connectivity index (χ1v) is 12.0. The van der Waals surface area contributed by atoms with E-state index < -0.39 is 5.82 Å². The van der Waals surface area contributed by atoms with Gasteiger partial charge in [-0.2, -0.15) is 5.10 Å². The number of benzene rings is 2. The average molecular weight is 534 g/mol. The van der Waals surface area contributed by atoms with Crippen LogP contribution in [-0.2, 0) is 0 Å². The van der Waals surface area contributed by atoms with Crippen LogP contribution >= 0.6 is 34.8 Å². The number of hydrogen-bond acceptors (Lipinski definition) is 4. The predicted molar refractivity (Wildman–Crippen MR) is 136 cm³/mol. The molecule has 0 atom stereocenters. The number of fused-ring (bicyclic) bond motifs is 2. The Morgan fingerprint density at radius 3 is 2.69 bits per heavy atom. The summed E-state index contributed by atoms with van der Waals surface area (Å²) in [5, 5.41) is 6.79. The van der Waals surface area contributed by atoms with Crippen LogP contribution in [0, 0.1) is 5.82 Å². The van der Waals surface area contributed by atoms with Crippen molar-refractivity contribution in [1.82, 2.24) is 15.0 Å². The standard InChI is InChI=1S/C25H20Cl3FN4O2/c1-13(2)22-16(25(34)31-32-7-8-35-21-6-4-3-5-19(21)32)12-30-33-20(22)11-18(27)24(33)15-9-14(29)10-17(26)23(15)28/h3-6,9-13H,7-8H2,1-2H3,(H,31,34). The van der Waals surface area contributed by atoms with Crippen LogP contribution in [0.4, 0.5) is 10.1 Å². The van der Waals surface area contributed by atoms with E-state index in [0.29, 0.717) is 46.3 Å². The van der Waals surface area contributed by atoms with Crippen molar-refractivity contribution in [2.45, 2.75) is 19.8 Å². The Kier molecular flexibility index (Phi) is 6.25.